The minimum atomic E-state index is 0.0295. The van der Waals surface area contributed by atoms with Crippen LogP contribution in [0, 0.1) is 0 Å². The SMILES string of the molecule is CCNC(=O)CN(CC)c1nc2c(cc1CN)CCCC2. The van der Waals surface area contributed by atoms with Crippen molar-refractivity contribution in [2.24, 2.45) is 5.73 Å². The average molecular weight is 290 g/mol. The Bertz CT molecular complexity index is 501. The van der Waals surface area contributed by atoms with Crippen LogP contribution in [-0.4, -0.2) is 30.5 Å². The van der Waals surface area contributed by atoms with E-state index in [1.165, 1.54) is 24.1 Å². The molecule has 5 heteroatoms. The van der Waals surface area contributed by atoms with Crippen LogP contribution in [0.25, 0.3) is 0 Å². The van der Waals surface area contributed by atoms with Gasteiger partial charge in [0, 0.05) is 30.9 Å². The van der Waals surface area contributed by atoms with Crippen LogP contribution in [0.1, 0.15) is 43.5 Å². The van der Waals surface area contributed by atoms with Crippen LogP contribution in [0.15, 0.2) is 6.07 Å². The van der Waals surface area contributed by atoms with Crippen LogP contribution < -0.4 is 16.0 Å². The molecule has 0 spiro atoms. The number of carbonyl (C=O) groups is 1. The fraction of sp³-hybridized carbons (Fsp3) is 0.625. The summed E-state index contributed by atoms with van der Waals surface area (Å²) in [4.78, 5) is 18.7. The average Bonchev–Trinajstić information content (AvgIpc) is 2.51. The number of hydrogen-bond donors (Lipinski definition) is 2. The summed E-state index contributed by atoms with van der Waals surface area (Å²) in [5.74, 6) is 0.911. The molecule has 1 aromatic rings. The number of nitrogens with zero attached hydrogens (tertiary/aromatic N) is 2. The van der Waals surface area contributed by atoms with Crippen molar-refractivity contribution < 1.29 is 4.79 Å². The maximum Gasteiger partial charge on any atom is 0.239 e. The number of nitrogens with two attached hydrogens (primary N) is 1. The van der Waals surface area contributed by atoms with Gasteiger partial charge >= 0.3 is 0 Å². The fourth-order valence-electron chi connectivity index (χ4n) is 2.86. The van der Waals surface area contributed by atoms with E-state index in [1.54, 1.807) is 0 Å². The first kappa shape index (κ1) is 15.8. The van der Waals surface area contributed by atoms with Crippen molar-refractivity contribution >= 4 is 11.7 Å². The molecule has 3 N–H and O–H groups in total. The molecular weight excluding hydrogens is 264 g/mol. The van der Waals surface area contributed by atoms with E-state index in [0.29, 0.717) is 19.6 Å². The normalized spacial score (nSPS) is 13.7. The highest BCUT2D eigenvalue weighted by atomic mass is 16.2. The lowest BCUT2D eigenvalue weighted by molar-refractivity contribution is -0.119. The first-order valence-electron chi connectivity index (χ1n) is 7.92. The predicted octanol–water partition coefficient (Wildman–Crippen LogP) is 1.38. The Morgan fingerprint density at radius 2 is 2.14 bits per heavy atom. The lowest BCUT2D eigenvalue weighted by atomic mass is 9.94. The van der Waals surface area contributed by atoms with Gasteiger partial charge in [-0.25, -0.2) is 4.98 Å². The van der Waals surface area contributed by atoms with Gasteiger partial charge in [0.15, 0.2) is 0 Å². The van der Waals surface area contributed by atoms with Crippen molar-refractivity contribution in [2.75, 3.05) is 24.5 Å². The molecule has 1 amide bonds. The molecule has 0 fully saturated rings. The van der Waals surface area contributed by atoms with Gasteiger partial charge in [-0.05, 0) is 51.2 Å². The van der Waals surface area contributed by atoms with Gasteiger partial charge in [0.2, 0.25) is 5.91 Å². The minimum Gasteiger partial charge on any atom is -0.355 e. The third-order valence-electron chi connectivity index (χ3n) is 3.97. The van der Waals surface area contributed by atoms with Crippen LogP contribution in [0.2, 0.25) is 0 Å². The molecule has 0 radical (unpaired) electrons. The molecule has 1 aliphatic rings. The quantitative estimate of drug-likeness (QED) is 0.830. The Morgan fingerprint density at radius 1 is 1.38 bits per heavy atom. The number of rotatable bonds is 6. The second-order valence-corrected chi connectivity index (χ2v) is 5.46. The number of hydrogen-bond acceptors (Lipinski definition) is 4. The van der Waals surface area contributed by atoms with E-state index < -0.39 is 0 Å². The molecule has 0 aromatic carbocycles. The molecule has 1 aliphatic carbocycles. The van der Waals surface area contributed by atoms with Crippen LogP contribution in [0.4, 0.5) is 5.82 Å². The van der Waals surface area contributed by atoms with Crippen molar-refractivity contribution in [2.45, 2.75) is 46.1 Å². The van der Waals surface area contributed by atoms with Gasteiger partial charge in [-0.2, -0.15) is 0 Å². The zero-order chi connectivity index (χ0) is 15.2. The standard InChI is InChI=1S/C16H26N4O/c1-3-18-15(21)11-20(4-2)16-13(10-17)9-12-7-5-6-8-14(12)19-16/h9H,3-8,10-11,17H2,1-2H3,(H,18,21). The lowest BCUT2D eigenvalue weighted by Crippen LogP contribution is -2.38. The highest BCUT2D eigenvalue weighted by molar-refractivity contribution is 5.81. The van der Waals surface area contributed by atoms with Crippen molar-refractivity contribution in [1.29, 1.82) is 0 Å². The highest BCUT2D eigenvalue weighted by Crippen LogP contribution is 2.26. The molecule has 1 aromatic heterocycles. The third kappa shape index (κ3) is 3.73. The lowest BCUT2D eigenvalue weighted by Gasteiger charge is -2.26. The number of aryl methyl sites for hydroxylation is 2. The Morgan fingerprint density at radius 3 is 2.81 bits per heavy atom. The summed E-state index contributed by atoms with van der Waals surface area (Å²) in [7, 11) is 0. The van der Waals surface area contributed by atoms with Gasteiger partial charge in [-0.15, -0.1) is 0 Å². The molecule has 0 saturated carbocycles. The Kier molecular flexibility index (Phi) is 5.56. The molecule has 21 heavy (non-hydrogen) atoms. The summed E-state index contributed by atoms with van der Waals surface area (Å²) < 4.78 is 0. The zero-order valence-corrected chi connectivity index (χ0v) is 13.1. The van der Waals surface area contributed by atoms with Crippen LogP contribution in [0.5, 0.6) is 0 Å². The molecule has 0 atom stereocenters. The second kappa shape index (κ2) is 7.41. The van der Waals surface area contributed by atoms with E-state index in [1.807, 2.05) is 18.7 Å². The van der Waals surface area contributed by atoms with Crippen molar-refractivity contribution in [3.05, 3.63) is 22.9 Å². The molecule has 0 unspecified atom stereocenters. The Labute approximate surface area is 126 Å². The van der Waals surface area contributed by atoms with E-state index in [4.69, 9.17) is 10.7 Å². The molecule has 5 nitrogen and oxygen atoms in total. The van der Waals surface area contributed by atoms with E-state index in [-0.39, 0.29) is 5.91 Å². The summed E-state index contributed by atoms with van der Waals surface area (Å²) in [5.41, 5.74) is 9.46. The zero-order valence-electron chi connectivity index (χ0n) is 13.1. The Balaban J connectivity index is 2.28. The highest BCUT2D eigenvalue weighted by Gasteiger charge is 2.19. The van der Waals surface area contributed by atoms with Crippen LogP contribution in [-0.2, 0) is 24.2 Å². The maximum absolute atomic E-state index is 11.9. The number of likely N-dealkylation sites (N-methyl/N-ethyl adjacent to an activating group) is 2. The predicted molar refractivity (Wildman–Crippen MR) is 85.3 cm³/mol. The largest absolute Gasteiger partial charge is 0.355 e. The topological polar surface area (TPSA) is 71.2 Å². The van der Waals surface area contributed by atoms with Gasteiger partial charge in [-0.1, -0.05) is 0 Å². The fourth-order valence-corrected chi connectivity index (χ4v) is 2.86. The molecule has 116 valence electrons. The number of anilines is 1. The number of nitrogens with one attached hydrogen (secondary N) is 1. The number of pyridine rings is 1. The minimum absolute atomic E-state index is 0.0295. The van der Waals surface area contributed by atoms with E-state index in [2.05, 4.69) is 11.4 Å². The molecule has 1 heterocycles. The van der Waals surface area contributed by atoms with E-state index in [9.17, 15) is 4.79 Å². The van der Waals surface area contributed by atoms with Gasteiger partial charge in [0.25, 0.3) is 0 Å². The summed E-state index contributed by atoms with van der Waals surface area (Å²) in [6, 6.07) is 2.19. The molecule has 2 rings (SSSR count). The number of aromatic nitrogens is 1. The second-order valence-electron chi connectivity index (χ2n) is 5.46. The van der Waals surface area contributed by atoms with Gasteiger partial charge in [0.1, 0.15) is 5.82 Å². The summed E-state index contributed by atoms with van der Waals surface area (Å²) in [6.45, 7) is 6.16. The Hall–Kier alpha value is -1.62. The van der Waals surface area contributed by atoms with Crippen LogP contribution in [0.3, 0.4) is 0 Å². The molecular formula is C16H26N4O. The number of fused-ring (bicyclic) bond motifs is 1. The summed E-state index contributed by atoms with van der Waals surface area (Å²) in [5, 5.41) is 2.84. The van der Waals surface area contributed by atoms with Crippen molar-refractivity contribution in [1.82, 2.24) is 10.3 Å². The smallest absolute Gasteiger partial charge is 0.239 e. The van der Waals surface area contributed by atoms with Gasteiger partial charge in [-0.3, -0.25) is 4.79 Å². The summed E-state index contributed by atoms with van der Waals surface area (Å²) >= 11 is 0. The third-order valence-corrected chi connectivity index (χ3v) is 3.97. The van der Waals surface area contributed by atoms with Crippen LogP contribution >= 0.6 is 0 Å². The molecule has 0 aliphatic heterocycles. The van der Waals surface area contributed by atoms with Gasteiger partial charge in [0.05, 0.1) is 6.54 Å². The molecule has 0 saturated heterocycles. The molecule has 0 bridgehead atoms. The number of amides is 1. The van der Waals surface area contributed by atoms with Crippen molar-refractivity contribution in [3.63, 3.8) is 0 Å². The number of carbonyl (C=O) groups excluding carboxylic acids is 1. The maximum atomic E-state index is 11.9. The van der Waals surface area contributed by atoms with Gasteiger partial charge < -0.3 is 16.0 Å². The van der Waals surface area contributed by atoms with E-state index >= 15 is 0 Å². The first-order valence-corrected chi connectivity index (χ1v) is 7.92. The van der Waals surface area contributed by atoms with E-state index in [0.717, 1.165) is 30.8 Å². The van der Waals surface area contributed by atoms with Crippen molar-refractivity contribution in [3.8, 4) is 0 Å². The first-order chi connectivity index (χ1) is 10.2. The monoisotopic (exact) mass is 290 g/mol. The summed E-state index contributed by atoms with van der Waals surface area (Å²) in [6.07, 6.45) is 4.56.